The van der Waals surface area contributed by atoms with Gasteiger partial charge in [0.1, 0.15) is 5.69 Å². The summed E-state index contributed by atoms with van der Waals surface area (Å²) in [6, 6.07) is 2.44. The maximum absolute atomic E-state index is 13.0. The van der Waals surface area contributed by atoms with Gasteiger partial charge in [-0.25, -0.2) is 4.79 Å². The monoisotopic (exact) mass is 596 g/mol. The molecule has 210 valence electrons. The number of azo groups is 1. The molecule has 1 aliphatic heterocycles. The number of alkyl halides is 8. The number of esters is 1. The summed E-state index contributed by atoms with van der Waals surface area (Å²) in [5.41, 5.74) is -5.64. The summed E-state index contributed by atoms with van der Waals surface area (Å²) in [6.07, 6.45) is -10.1. The van der Waals surface area contributed by atoms with Crippen LogP contribution in [0.3, 0.4) is 0 Å². The predicted molar refractivity (Wildman–Crippen MR) is 116 cm³/mol. The summed E-state index contributed by atoms with van der Waals surface area (Å²) >= 11 is 0.0825. The van der Waals surface area contributed by atoms with Gasteiger partial charge in [-0.05, 0) is 37.0 Å². The van der Waals surface area contributed by atoms with Gasteiger partial charge in [-0.2, -0.15) is 43.5 Å². The molecule has 1 aromatic carbocycles. The molecule has 2 heterocycles. The second-order valence-corrected chi connectivity index (χ2v) is 10.4. The molecule has 0 aliphatic carbocycles. The third kappa shape index (κ3) is 6.11. The lowest BCUT2D eigenvalue weighted by Crippen LogP contribution is -2.40. The number of carbonyl (C=O) groups excluding carboxylic acids is 1. The van der Waals surface area contributed by atoms with Gasteiger partial charge in [-0.3, -0.25) is 4.72 Å². The maximum Gasteiger partial charge on any atom is 0.516 e. The number of hydrogen-bond acceptors (Lipinski definition) is 10. The van der Waals surface area contributed by atoms with Crippen LogP contribution in [0.2, 0.25) is 0 Å². The molecule has 3 rings (SSSR count). The van der Waals surface area contributed by atoms with Crippen molar-refractivity contribution in [1.29, 1.82) is 0 Å². The quantitative estimate of drug-likeness (QED) is 0.247. The normalized spacial score (nSPS) is 17.0. The molecule has 0 bridgehead atoms. The van der Waals surface area contributed by atoms with Crippen molar-refractivity contribution in [3.63, 3.8) is 0 Å². The van der Waals surface area contributed by atoms with E-state index in [2.05, 4.69) is 25.2 Å². The van der Waals surface area contributed by atoms with Gasteiger partial charge in [-0.1, -0.05) is 18.3 Å². The van der Waals surface area contributed by atoms with Gasteiger partial charge >= 0.3 is 33.8 Å². The zero-order chi connectivity index (χ0) is 28.7. The molecule has 0 saturated heterocycles. The highest BCUT2D eigenvalue weighted by Crippen LogP contribution is 2.41. The number of fused-ring (bicyclic) bond motifs is 1. The van der Waals surface area contributed by atoms with Crippen LogP contribution in [0.15, 0.2) is 22.4 Å². The first-order valence-electron chi connectivity index (χ1n) is 10.3. The molecule has 2 aromatic rings. The molecular formula is C18H16F8N6O4S2. The molecule has 38 heavy (non-hydrogen) atoms. The Kier molecular flexibility index (Phi) is 7.88. The van der Waals surface area contributed by atoms with Crippen LogP contribution in [0.5, 0.6) is 0 Å². The van der Waals surface area contributed by atoms with Crippen molar-refractivity contribution < 1.29 is 53.1 Å². The predicted octanol–water partition coefficient (Wildman–Crippen LogP) is 5.69. The average Bonchev–Trinajstić information content (AvgIpc) is 3.26. The average molecular weight is 596 g/mol. The highest BCUT2D eigenvalue weighted by molar-refractivity contribution is 7.93. The van der Waals surface area contributed by atoms with E-state index >= 15 is 0 Å². The Hall–Kier alpha value is -3.16. The van der Waals surface area contributed by atoms with Crippen LogP contribution in [0.1, 0.15) is 35.1 Å². The number of benzene rings is 1. The number of nitrogens with one attached hydrogen (secondary N) is 1. The Balaban J connectivity index is 1.95. The number of nitrogens with zero attached hydrogens (tertiary/aromatic N) is 5. The minimum atomic E-state index is -6.19. The smallest absolute Gasteiger partial charge is 0.388 e. The minimum absolute atomic E-state index is 0.0337. The number of rotatable bonds is 7. The number of ether oxygens (including phenoxy) is 1. The Morgan fingerprint density at radius 2 is 1.82 bits per heavy atom. The van der Waals surface area contributed by atoms with Gasteiger partial charge in [0.25, 0.3) is 5.13 Å². The van der Waals surface area contributed by atoms with E-state index in [1.807, 2.05) is 6.92 Å². The van der Waals surface area contributed by atoms with Crippen molar-refractivity contribution in [1.82, 2.24) is 10.2 Å². The lowest BCUT2D eigenvalue weighted by atomic mass is 9.94. The number of aryl methyl sites for hydroxylation is 1. The first kappa shape index (κ1) is 29.4. The fourth-order valence-corrected chi connectivity index (χ4v) is 4.47. The van der Waals surface area contributed by atoms with Gasteiger partial charge in [0.15, 0.2) is 0 Å². The molecule has 0 fully saturated rings. The van der Waals surface area contributed by atoms with Crippen LogP contribution in [0, 0.1) is 0 Å². The topological polar surface area (TPSA) is 126 Å². The van der Waals surface area contributed by atoms with E-state index in [4.69, 9.17) is 0 Å². The standard InChI is InChI=1S/C18H16F8N6O4S2/c1-3-9-5-4-8-6-10(11(7-12(8)32(9)2)31-38(34,35)18(24,25)26)27-29-15-30-28-13(37-15)14(33)36-17(22,23)16(19,20)21/h6-7,9,31H,3-5H2,1-2H3. The molecular weight excluding hydrogens is 580 g/mol. The summed E-state index contributed by atoms with van der Waals surface area (Å²) in [4.78, 5) is 13.4. The molecule has 1 atom stereocenters. The van der Waals surface area contributed by atoms with Crippen molar-refractivity contribution in [2.45, 2.75) is 50.0 Å². The summed E-state index contributed by atoms with van der Waals surface area (Å²) in [5, 5.41) is 11.8. The summed E-state index contributed by atoms with van der Waals surface area (Å²) in [7, 11) is -4.20. The highest BCUT2D eigenvalue weighted by Gasteiger charge is 2.62. The number of halogens is 8. The Morgan fingerprint density at radius 1 is 1.16 bits per heavy atom. The van der Waals surface area contributed by atoms with Crippen LogP contribution < -0.4 is 9.62 Å². The van der Waals surface area contributed by atoms with Crippen molar-refractivity contribution >= 4 is 49.5 Å². The molecule has 1 unspecified atom stereocenters. The van der Waals surface area contributed by atoms with Gasteiger partial charge in [0.05, 0.1) is 5.69 Å². The van der Waals surface area contributed by atoms with Crippen LogP contribution in [0.4, 0.5) is 57.3 Å². The van der Waals surface area contributed by atoms with Gasteiger partial charge < -0.3 is 9.64 Å². The van der Waals surface area contributed by atoms with E-state index < -0.39 is 55.3 Å². The van der Waals surface area contributed by atoms with E-state index in [0.29, 0.717) is 30.5 Å². The van der Waals surface area contributed by atoms with E-state index in [9.17, 15) is 48.3 Å². The van der Waals surface area contributed by atoms with Crippen LogP contribution >= 0.6 is 11.3 Å². The van der Waals surface area contributed by atoms with Crippen LogP contribution in [-0.4, -0.2) is 55.5 Å². The Labute approximate surface area is 212 Å². The molecule has 1 N–H and O–H groups in total. The van der Waals surface area contributed by atoms with Crippen molar-refractivity contribution in [3.05, 3.63) is 22.7 Å². The molecule has 1 aliphatic rings. The number of carbonyl (C=O) groups is 1. The lowest BCUT2D eigenvalue weighted by molar-refractivity contribution is -0.370. The van der Waals surface area contributed by atoms with Crippen molar-refractivity contribution in [2.24, 2.45) is 10.2 Å². The molecule has 0 radical (unpaired) electrons. The van der Waals surface area contributed by atoms with E-state index in [-0.39, 0.29) is 17.4 Å². The second-order valence-electron chi connectivity index (χ2n) is 7.75. The summed E-state index contributed by atoms with van der Waals surface area (Å²) in [5.74, 6) is -2.17. The molecule has 10 nitrogen and oxygen atoms in total. The van der Waals surface area contributed by atoms with Crippen molar-refractivity contribution in [2.75, 3.05) is 16.7 Å². The SMILES string of the molecule is CCC1CCc2cc(N=Nc3nnc(C(=O)OC(F)(F)C(F)(F)F)s3)c(NS(=O)(=O)C(F)(F)F)cc2N1C. The van der Waals surface area contributed by atoms with Crippen LogP contribution in [-0.2, 0) is 21.2 Å². The lowest BCUT2D eigenvalue weighted by Gasteiger charge is -2.36. The highest BCUT2D eigenvalue weighted by atomic mass is 32.2. The molecule has 0 saturated carbocycles. The fraction of sp³-hybridized carbons (Fsp3) is 0.500. The number of hydrogen-bond donors (Lipinski definition) is 1. The maximum atomic E-state index is 13.0. The first-order chi connectivity index (χ1) is 17.4. The number of sulfonamides is 1. The molecule has 0 amide bonds. The fourth-order valence-electron chi connectivity index (χ4n) is 3.36. The zero-order valence-corrected chi connectivity index (χ0v) is 20.7. The first-order valence-corrected chi connectivity index (χ1v) is 12.6. The Bertz CT molecular complexity index is 1340. The molecule has 1 aromatic heterocycles. The van der Waals surface area contributed by atoms with E-state index in [1.165, 1.54) is 10.8 Å². The molecule has 20 heteroatoms. The van der Waals surface area contributed by atoms with Gasteiger partial charge in [0.2, 0.25) is 5.01 Å². The van der Waals surface area contributed by atoms with Crippen LogP contribution in [0.25, 0.3) is 0 Å². The second kappa shape index (κ2) is 10.2. The minimum Gasteiger partial charge on any atom is -0.388 e. The largest absolute Gasteiger partial charge is 0.516 e. The third-order valence-corrected chi connectivity index (χ3v) is 7.16. The molecule has 0 spiro atoms. The Morgan fingerprint density at radius 3 is 2.39 bits per heavy atom. The zero-order valence-electron chi connectivity index (χ0n) is 19.1. The summed E-state index contributed by atoms with van der Waals surface area (Å²) in [6.45, 7) is 1.90. The third-order valence-electron chi connectivity index (χ3n) is 5.27. The van der Waals surface area contributed by atoms with E-state index in [1.54, 1.807) is 11.9 Å². The summed E-state index contributed by atoms with van der Waals surface area (Å²) < 4.78 is 130. The van der Waals surface area contributed by atoms with Gasteiger partial charge in [-0.15, -0.1) is 20.4 Å². The van der Waals surface area contributed by atoms with Crippen molar-refractivity contribution in [3.8, 4) is 0 Å². The number of anilines is 2. The number of aromatic nitrogens is 2. The van der Waals surface area contributed by atoms with Gasteiger partial charge in [0, 0.05) is 18.8 Å². The van der Waals surface area contributed by atoms with E-state index in [0.717, 1.165) is 6.07 Å².